The van der Waals surface area contributed by atoms with E-state index in [1.807, 2.05) is 24.3 Å². The summed E-state index contributed by atoms with van der Waals surface area (Å²) in [5.41, 5.74) is 3.65. The molecule has 0 aliphatic carbocycles. The number of carbonyl (C=O) groups excluding carboxylic acids is 1. The lowest BCUT2D eigenvalue weighted by molar-refractivity contribution is -0.121. The second-order valence-electron chi connectivity index (χ2n) is 7.78. The third kappa shape index (κ3) is 5.50. The maximum atomic E-state index is 12.2. The lowest BCUT2D eigenvalue weighted by Crippen LogP contribution is -2.46. The molecule has 0 saturated carbocycles. The van der Waals surface area contributed by atoms with E-state index in [1.54, 1.807) is 0 Å². The van der Waals surface area contributed by atoms with E-state index in [1.165, 1.54) is 11.1 Å². The van der Waals surface area contributed by atoms with Crippen LogP contribution < -0.4 is 10.1 Å². The molecule has 2 heterocycles. The highest BCUT2D eigenvalue weighted by atomic mass is 35.5. The van der Waals surface area contributed by atoms with Gasteiger partial charge < -0.3 is 15.0 Å². The Kier molecular flexibility index (Phi) is 6.70. The maximum Gasteiger partial charge on any atom is 0.221 e. The zero-order valence-corrected chi connectivity index (χ0v) is 17.5. The molecule has 2 aliphatic rings. The summed E-state index contributed by atoms with van der Waals surface area (Å²) in [7, 11) is 0. The summed E-state index contributed by atoms with van der Waals surface area (Å²) in [6, 6.07) is 14.2. The number of rotatable bonds is 7. The van der Waals surface area contributed by atoms with E-state index in [9.17, 15) is 4.79 Å². The predicted octanol–water partition coefficient (Wildman–Crippen LogP) is 3.10. The summed E-state index contributed by atoms with van der Waals surface area (Å²) >= 11 is 6.14. The zero-order chi connectivity index (χ0) is 20.1. The van der Waals surface area contributed by atoms with Crippen molar-refractivity contribution < 1.29 is 9.53 Å². The fourth-order valence-electron chi connectivity index (χ4n) is 3.95. The van der Waals surface area contributed by atoms with Crippen molar-refractivity contribution >= 4 is 17.5 Å². The summed E-state index contributed by atoms with van der Waals surface area (Å²) in [6.07, 6.45) is 1.55. The molecule has 154 valence electrons. The van der Waals surface area contributed by atoms with Crippen molar-refractivity contribution in [1.29, 1.82) is 0 Å². The standard InChI is InChI=1S/C23H28ClN3O2/c24-21-4-2-1-3-20(21)16-25-23(28)7-9-26-10-12-27(13-11-26)17-18-5-6-22-19(15-18)8-14-29-22/h1-6,15H,7-14,16-17H2,(H,25,28). The lowest BCUT2D eigenvalue weighted by atomic mass is 10.1. The zero-order valence-electron chi connectivity index (χ0n) is 16.7. The van der Waals surface area contributed by atoms with Crippen LogP contribution in [0.15, 0.2) is 42.5 Å². The van der Waals surface area contributed by atoms with Gasteiger partial charge in [-0.25, -0.2) is 0 Å². The molecule has 29 heavy (non-hydrogen) atoms. The maximum absolute atomic E-state index is 12.2. The average molecular weight is 414 g/mol. The quantitative estimate of drug-likeness (QED) is 0.757. The van der Waals surface area contributed by atoms with Crippen molar-refractivity contribution in [3.8, 4) is 5.75 Å². The Morgan fingerprint density at radius 3 is 2.69 bits per heavy atom. The molecule has 1 fully saturated rings. The first-order valence-corrected chi connectivity index (χ1v) is 10.7. The van der Waals surface area contributed by atoms with Crippen LogP contribution in [0.5, 0.6) is 5.75 Å². The average Bonchev–Trinajstić information content (AvgIpc) is 3.20. The highest BCUT2D eigenvalue weighted by Crippen LogP contribution is 2.26. The van der Waals surface area contributed by atoms with E-state index in [0.717, 1.165) is 63.6 Å². The molecule has 2 aliphatic heterocycles. The van der Waals surface area contributed by atoms with E-state index in [-0.39, 0.29) is 5.91 Å². The van der Waals surface area contributed by atoms with E-state index < -0.39 is 0 Å². The summed E-state index contributed by atoms with van der Waals surface area (Å²) in [5, 5.41) is 3.66. The number of fused-ring (bicyclic) bond motifs is 1. The van der Waals surface area contributed by atoms with Crippen LogP contribution in [0.3, 0.4) is 0 Å². The molecular weight excluding hydrogens is 386 g/mol. The molecule has 0 spiro atoms. The minimum Gasteiger partial charge on any atom is -0.493 e. The van der Waals surface area contributed by atoms with Gasteiger partial charge in [-0.15, -0.1) is 0 Å². The Balaban J connectivity index is 1.15. The normalized spacial score (nSPS) is 17.0. The SMILES string of the molecule is O=C(CCN1CCN(Cc2ccc3c(c2)CCO3)CC1)NCc1ccccc1Cl. The minimum atomic E-state index is 0.0766. The van der Waals surface area contributed by atoms with Gasteiger partial charge >= 0.3 is 0 Å². The van der Waals surface area contributed by atoms with Crippen LogP contribution in [0, 0.1) is 0 Å². The predicted molar refractivity (Wildman–Crippen MR) is 115 cm³/mol. The van der Waals surface area contributed by atoms with Gasteiger partial charge in [-0.05, 0) is 28.8 Å². The molecule has 4 rings (SSSR count). The monoisotopic (exact) mass is 413 g/mol. The highest BCUT2D eigenvalue weighted by molar-refractivity contribution is 6.31. The smallest absolute Gasteiger partial charge is 0.221 e. The largest absolute Gasteiger partial charge is 0.493 e. The second-order valence-corrected chi connectivity index (χ2v) is 8.18. The summed E-state index contributed by atoms with van der Waals surface area (Å²) < 4.78 is 5.59. The molecule has 1 amide bonds. The first kappa shape index (κ1) is 20.2. The van der Waals surface area contributed by atoms with Crippen LogP contribution in [0.1, 0.15) is 23.1 Å². The van der Waals surface area contributed by atoms with Crippen molar-refractivity contribution in [2.45, 2.75) is 25.9 Å². The van der Waals surface area contributed by atoms with Crippen LogP contribution in [0.4, 0.5) is 0 Å². The molecule has 1 saturated heterocycles. The van der Waals surface area contributed by atoms with Crippen LogP contribution in [0.25, 0.3) is 0 Å². The number of benzene rings is 2. The molecule has 2 aromatic rings. The number of amides is 1. The van der Waals surface area contributed by atoms with E-state index in [2.05, 4.69) is 33.3 Å². The third-order valence-electron chi connectivity index (χ3n) is 5.71. The Hall–Kier alpha value is -2.08. The molecule has 5 nitrogen and oxygen atoms in total. The number of hydrogen-bond acceptors (Lipinski definition) is 4. The molecule has 0 aromatic heterocycles. The molecule has 6 heteroatoms. The van der Waals surface area contributed by atoms with E-state index in [0.29, 0.717) is 18.0 Å². The van der Waals surface area contributed by atoms with Gasteiger partial charge in [0.15, 0.2) is 0 Å². The third-order valence-corrected chi connectivity index (χ3v) is 6.08. The van der Waals surface area contributed by atoms with Gasteiger partial charge in [-0.3, -0.25) is 9.69 Å². The first-order valence-electron chi connectivity index (χ1n) is 10.4. The van der Waals surface area contributed by atoms with E-state index >= 15 is 0 Å². The fraction of sp³-hybridized carbons (Fsp3) is 0.435. The topological polar surface area (TPSA) is 44.8 Å². The summed E-state index contributed by atoms with van der Waals surface area (Å²) in [4.78, 5) is 17.0. The molecule has 0 unspecified atom stereocenters. The number of ether oxygens (including phenoxy) is 1. The second kappa shape index (κ2) is 9.61. The van der Waals surface area contributed by atoms with Crippen LogP contribution >= 0.6 is 11.6 Å². The van der Waals surface area contributed by atoms with Crippen molar-refractivity contribution in [3.63, 3.8) is 0 Å². The number of hydrogen-bond donors (Lipinski definition) is 1. The van der Waals surface area contributed by atoms with Crippen LogP contribution in [-0.2, 0) is 24.3 Å². The first-order chi connectivity index (χ1) is 14.2. The Morgan fingerprint density at radius 2 is 1.86 bits per heavy atom. The molecule has 0 radical (unpaired) electrons. The Bertz CT molecular complexity index is 850. The minimum absolute atomic E-state index is 0.0766. The number of nitrogens with zero attached hydrogens (tertiary/aromatic N) is 2. The molecule has 2 aromatic carbocycles. The van der Waals surface area contributed by atoms with Crippen molar-refractivity contribution in [1.82, 2.24) is 15.1 Å². The van der Waals surface area contributed by atoms with Gasteiger partial charge in [0.05, 0.1) is 6.61 Å². The van der Waals surface area contributed by atoms with E-state index in [4.69, 9.17) is 16.3 Å². The van der Waals surface area contributed by atoms with Gasteiger partial charge in [0.2, 0.25) is 5.91 Å². The number of piperazine rings is 1. The van der Waals surface area contributed by atoms with Crippen molar-refractivity contribution in [2.75, 3.05) is 39.3 Å². The number of nitrogens with one attached hydrogen (secondary N) is 1. The number of halogens is 1. The molecule has 0 atom stereocenters. The van der Waals surface area contributed by atoms with Crippen LogP contribution in [0.2, 0.25) is 5.02 Å². The molecule has 1 N–H and O–H groups in total. The van der Waals surface area contributed by atoms with Gasteiger partial charge in [-0.1, -0.05) is 41.9 Å². The molecule has 0 bridgehead atoms. The van der Waals surface area contributed by atoms with Crippen molar-refractivity contribution in [2.24, 2.45) is 0 Å². The van der Waals surface area contributed by atoms with Crippen LogP contribution in [-0.4, -0.2) is 55.0 Å². The fourth-order valence-corrected chi connectivity index (χ4v) is 4.15. The van der Waals surface area contributed by atoms with Gasteiger partial charge in [0, 0.05) is 63.7 Å². The summed E-state index contributed by atoms with van der Waals surface area (Å²) in [6.45, 7) is 7.17. The molecular formula is C23H28ClN3O2. The van der Waals surface area contributed by atoms with Gasteiger partial charge in [-0.2, -0.15) is 0 Å². The van der Waals surface area contributed by atoms with Gasteiger partial charge in [0.1, 0.15) is 5.75 Å². The Labute approximate surface area is 177 Å². The number of carbonyl (C=O) groups is 1. The Morgan fingerprint density at radius 1 is 1.07 bits per heavy atom. The summed E-state index contributed by atoms with van der Waals surface area (Å²) in [5.74, 6) is 1.12. The van der Waals surface area contributed by atoms with Crippen molar-refractivity contribution in [3.05, 3.63) is 64.2 Å². The highest BCUT2D eigenvalue weighted by Gasteiger charge is 2.19. The lowest BCUT2D eigenvalue weighted by Gasteiger charge is -2.34. The van der Waals surface area contributed by atoms with Gasteiger partial charge in [0.25, 0.3) is 0 Å².